The average Bonchev–Trinajstić information content (AvgIpc) is 3.32. The highest BCUT2D eigenvalue weighted by atomic mass is 32.2. The van der Waals surface area contributed by atoms with Crippen molar-refractivity contribution in [2.75, 3.05) is 6.54 Å². The largest absolute Gasteiger partial charge is 0.480 e. The predicted molar refractivity (Wildman–Crippen MR) is 137 cm³/mol. The molecule has 0 aromatic heterocycles. The standard InChI is InChI=1S/C27H26N4O5S/c28-16-20-6-4-5-9-23(20)19-12-10-18(11-13-19)14-24(27(33)34)30-26(32)25-15-21(29)17-31(25)37(35,36)22-7-2-1-3-8-22/h1-13,21,24-25H,14-15,17,29H2,(H,30,32)(H,33,34)/t21-,24+,25+/m1/s1. The number of nitrogens with zero attached hydrogens (tertiary/aromatic N) is 2. The van der Waals surface area contributed by atoms with E-state index >= 15 is 0 Å². The molecule has 4 rings (SSSR count). The van der Waals surface area contributed by atoms with Gasteiger partial charge in [-0.2, -0.15) is 9.57 Å². The van der Waals surface area contributed by atoms with Gasteiger partial charge >= 0.3 is 5.97 Å². The van der Waals surface area contributed by atoms with Crippen LogP contribution in [-0.4, -0.2) is 54.4 Å². The molecule has 0 spiro atoms. The van der Waals surface area contributed by atoms with Gasteiger partial charge in [0.25, 0.3) is 0 Å². The van der Waals surface area contributed by atoms with Crippen LogP contribution in [0.25, 0.3) is 11.1 Å². The second-order valence-corrected chi connectivity index (χ2v) is 10.7. The number of sulfonamides is 1. The van der Waals surface area contributed by atoms with Gasteiger partial charge in [-0.3, -0.25) is 4.79 Å². The van der Waals surface area contributed by atoms with Crippen molar-refractivity contribution < 1.29 is 23.1 Å². The first-order chi connectivity index (χ1) is 17.7. The maximum absolute atomic E-state index is 13.2. The second kappa shape index (κ2) is 10.9. The van der Waals surface area contributed by atoms with Gasteiger partial charge in [0.05, 0.1) is 16.5 Å². The van der Waals surface area contributed by atoms with Crippen LogP contribution in [0.4, 0.5) is 0 Å². The Bertz CT molecular complexity index is 1440. The fourth-order valence-electron chi connectivity index (χ4n) is 4.42. The smallest absolute Gasteiger partial charge is 0.326 e. The number of hydrogen-bond acceptors (Lipinski definition) is 6. The van der Waals surface area contributed by atoms with Gasteiger partial charge in [-0.15, -0.1) is 0 Å². The minimum atomic E-state index is -4.00. The SMILES string of the molecule is N#Cc1ccccc1-c1ccc(C[C@H](NC(=O)[C@@H]2C[C@@H](N)CN2S(=O)(=O)c2ccccc2)C(=O)O)cc1. The number of carboxylic acid groups (broad SMARTS) is 1. The summed E-state index contributed by atoms with van der Waals surface area (Å²) in [5.41, 5.74) is 8.75. The first-order valence-corrected chi connectivity index (χ1v) is 13.1. The van der Waals surface area contributed by atoms with Crippen LogP contribution in [0.5, 0.6) is 0 Å². The minimum Gasteiger partial charge on any atom is -0.480 e. The molecule has 0 radical (unpaired) electrons. The van der Waals surface area contributed by atoms with E-state index in [-0.39, 0.29) is 24.3 Å². The monoisotopic (exact) mass is 518 g/mol. The molecule has 3 aromatic carbocycles. The third-order valence-electron chi connectivity index (χ3n) is 6.31. The molecule has 10 heteroatoms. The van der Waals surface area contributed by atoms with E-state index in [0.29, 0.717) is 11.1 Å². The molecule has 0 unspecified atom stereocenters. The predicted octanol–water partition coefficient (Wildman–Crippen LogP) is 2.13. The van der Waals surface area contributed by atoms with E-state index in [1.165, 1.54) is 12.1 Å². The minimum absolute atomic E-state index is 0.00847. The summed E-state index contributed by atoms with van der Waals surface area (Å²) < 4.78 is 27.4. The van der Waals surface area contributed by atoms with E-state index in [1.807, 2.05) is 12.1 Å². The Balaban J connectivity index is 1.50. The summed E-state index contributed by atoms with van der Waals surface area (Å²) in [5, 5.41) is 21.6. The molecule has 0 bridgehead atoms. The summed E-state index contributed by atoms with van der Waals surface area (Å²) in [6.45, 7) is -0.0430. The fourth-order valence-corrected chi connectivity index (χ4v) is 6.10. The van der Waals surface area contributed by atoms with Crippen molar-refractivity contribution in [1.29, 1.82) is 5.26 Å². The average molecular weight is 519 g/mol. The summed E-state index contributed by atoms with van der Waals surface area (Å²) in [7, 11) is -4.00. The zero-order chi connectivity index (χ0) is 26.6. The van der Waals surface area contributed by atoms with Gasteiger partial charge in [0.2, 0.25) is 15.9 Å². The Kier molecular flexibility index (Phi) is 7.69. The van der Waals surface area contributed by atoms with Crippen molar-refractivity contribution >= 4 is 21.9 Å². The molecular weight excluding hydrogens is 492 g/mol. The fraction of sp³-hybridized carbons (Fsp3) is 0.222. The van der Waals surface area contributed by atoms with Crippen molar-refractivity contribution in [2.45, 2.75) is 35.9 Å². The van der Waals surface area contributed by atoms with Gasteiger partial charge < -0.3 is 16.2 Å². The molecule has 4 N–H and O–H groups in total. The molecule has 1 aliphatic heterocycles. The third kappa shape index (κ3) is 5.70. The second-order valence-electron chi connectivity index (χ2n) is 8.86. The lowest BCUT2D eigenvalue weighted by molar-refractivity contribution is -0.142. The molecule has 1 heterocycles. The van der Waals surface area contributed by atoms with Crippen molar-refractivity contribution in [3.63, 3.8) is 0 Å². The van der Waals surface area contributed by atoms with Crippen LogP contribution in [0, 0.1) is 11.3 Å². The van der Waals surface area contributed by atoms with Crippen LogP contribution in [0.2, 0.25) is 0 Å². The highest BCUT2D eigenvalue weighted by molar-refractivity contribution is 7.89. The van der Waals surface area contributed by atoms with E-state index in [4.69, 9.17) is 5.73 Å². The summed E-state index contributed by atoms with van der Waals surface area (Å²) in [6, 6.07) is 21.1. The molecule has 190 valence electrons. The number of amides is 1. The summed E-state index contributed by atoms with van der Waals surface area (Å²) in [4.78, 5) is 25.1. The number of carbonyl (C=O) groups excluding carboxylic acids is 1. The number of hydrogen-bond donors (Lipinski definition) is 3. The van der Waals surface area contributed by atoms with E-state index < -0.39 is 40.0 Å². The van der Waals surface area contributed by atoms with Crippen LogP contribution in [0.15, 0.2) is 83.8 Å². The van der Waals surface area contributed by atoms with E-state index in [1.54, 1.807) is 54.6 Å². The number of aliphatic carboxylic acids is 1. The summed E-state index contributed by atoms with van der Waals surface area (Å²) in [6.07, 6.45) is 0.0721. The van der Waals surface area contributed by atoms with Crippen LogP contribution < -0.4 is 11.1 Å². The molecule has 37 heavy (non-hydrogen) atoms. The van der Waals surface area contributed by atoms with E-state index in [0.717, 1.165) is 15.4 Å². The third-order valence-corrected chi connectivity index (χ3v) is 8.20. The lowest BCUT2D eigenvalue weighted by Gasteiger charge is -2.25. The Labute approximate surface area is 215 Å². The highest BCUT2D eigenvalue weighted by Crippen LogP contribution is 2.27. The van der Waals surface area contributed by atoms with Gasteiger partial charge in [-0.05, 0) is 41.3 Å². The Morgan fingerprint density at radius 1 is 1.05 bits per heavy atom. The van der Waals surface area contributed by atoms with Crippen molar-refractivity contribution in [3.8, 4) is 17.2 Å². The number of nitriles is 1. The Morgan fingerprint density at radius 2 is 1.70 bits per heavy atom. The molecule has 0 aliphatic carbocycles. The van der Waals surface area contributed by atoms with Crippen molar-refractivity contribution in [3.05, 3.63) is 90.0 Å². The molecule has 1 fully saturated rings. The number of carboxylic acids is 1. The van der Waals surface area contributed by atoms with Crippen LogP contribution in [0.3, 0.4) is 0 Å². The van der Waals surface area contributed by atoms with Crippen LogP contribution >= 0.6 is 0 Å². The maximum Gasteiger partial charge on any atom is 0.326 e. The molecule has 1 amide bonds. The highest BCUT2D eigenvalue weighted by Gasteiger charge is 2.43. The lowest BCUT2D eigenvalue weighted by atomic mass is 9.97. The normalized spacial score (nSPS) is 18.6. The molecule has 1 aliphatic rings. The Morgan fingerprint density at radius 3 is 2.35 bits per heavy atom. The number of nitrogens with two attached hydrogens (primary N) is 1. The molecular formula is C27H26N4O5S. The quantitative estimate of drug-likeness (QED) is 0.413. The number of carbonyl (C=O) groups is 2. The molecule has 9 nitrogen and oxygen atoms in total. The van der Waals surface area contributed by atoms with E-state index in [2.05, 4.69) is 11.4 Å². The van der Waals surface area contributed by atoms with Gasteiger partial charge in [0, 0.05) is 19.0 Å². The van der Waals surface area contributed by atoms with Crippen molar-refractivity contribution in [2.24, 2.45) is 5.73 Å². The topological polar surface area (TPSA) is 154 Å². The molecule has 3 aromatic rings. The number of benzene rings is 3. The number of rotatable bonds is 8. The zero-order valence-corrected chi connectivity index (χ0v) is 20.6. The Hall–Kier alpha value is -4.04. The van der Waals surface area contributed by atoms with Gasteiger partial charge in [-0.25, -0.2) is 13.2 Å². The molecule has 1 saturated heterocycles. The molecule has 3 atom stereocenters. The van der Waals surface area contributed by atoms with Gasteiger partial charge in [0.1, 0.15) is 12.1 Å². The molecule has 0 saturated carbocycles. The summed E-state index contributed by atoms with van der Waals surface area (Å²) >= 11 is 0. The van der Waals surface area contributed by atoms with E-state index in [9.17, 15) is 28.4 Å². The van der Waals surface area contributed by atoms with Gasteiger partial charge in [0.15, 0.2) is 0 Å². The van der Waals surface area contributed by atoms with Gasteiger partial charge in [-0.1, -0.05) is 60.7 Å². The van der Waals surface area contributed by atoms with Crippen molar-refractivity contribution in [1.82, 2.24) is 9.62 Å². The first kappa shape index (κ1) is 26.0. The number of nitrogens with one attached hydrogen (secondary N) is 1. The maximum atomic E-state index is 13.2. The summed E-state index contributed by atoms with van der Waals surface area (Å²) in [5.74, 6) is -1.95. The first-order valence-electron chi connectivity index (χ1n) is 11.6. The van der Waals surface area contributed by atoms with Crippen LogP contribution in [0.1, 0.15) is 17.5 Å². The lowest BCUT2D eigenvalue weighted by Crippen LogP contribution is -2.51. The van der Waals surface area contributed by atoms with Crippen LogP contribution in [-0.2, 0) is 26.0 Å². The zero-order valence-electron chi connectivity index (χ0n) is 19.8.